The van der Waals surface area contributed by atoms with Crippen LogP contribution in [0.25, 0.3) is 0 Å². The molecule has 0 amide bonds. The van der Waals surface area contributed by atoms with Crippen molar-refractivity contribution in [3.63, 3.8) is 0 Å². The molecule has 2 rings (SSSR count). The summed E-state index contributed by atoms with van der Waals surface area (Å²) in [6, 6.07) is 5.39. The third kappa shape index (κ3) is 3.01. The summed E-state index contributed by atoms with van der Waals surface area (Å²) in [7, 11) is 0. The van der Waals surface area contributed by atoms with E-state index in [1.54, 1.807) is 18.2 Å². The van der Waals surface area contributed by atoms with Crippen LogP contribution in [0, 0.1) is 0 Å². The Kier molecular flexibility index (Phi) is 3.85. The maximum absolute atomic E-state index is 12.5. The number of carbonyl (C=O) groups excluding carboxylic acids is 1. The molecule has 2 aromatic rings. The summed E-state index contributed by atoms with van der Waals surface area (Å²) in [5, 5.41) is 3.98. The van der Waals surface area contributed by atoms with Gasteiger partial charge in [-0.2, -0.15) is 18.3 Å². The maximum atomic E-state index is 12.5. The van der Waals surface area contributed by atoms with Crippen LogP contribution in [-0.2, 0) is 6.18 Å². The first kappa shape index (κ1) is 14.6. The second kappa shape index (κ2) is 5.28. The number of aromatic nitrogens is 2. The van der Waals surface area contributed by atoms with E-state index >= 15 is 0 Å². The molecule has 7 heteroatoms. The van der Waals surface area contributed by atoms with Crippen molar-refractivity contribution in [1.82, 2.24) is 9.78 Å². The van der Waals surface area contributed by atoms with Crippen LogP contribution in [0.3, 0.4) is 0 Å². The molecule has 1 atom stereocenters. The van der Waals surface area contributed by atoms with Gasteiger partial charge in [-0.15, -0.1) is 0 Å². The van der Waals surface area contributed by atoms with Crippen LogP contribution < -0.4 is 0 Å². The molecule has 0 aliphatic rings. The Morgan fingerprint density at radius 1 is 1.40 bits per heavy atom. The highest BCUT2D eigenvalue weighted by Crippen LogP contribution is 2.29. The molecule has 106 valence electrons. The molecule has 1 unspecified atom stereocenters. The van der Waals surface area contributed by atoms with E-state index in [1.807, 2.05) is 0 Å². The van der Waals surface area contributed by atoms with Crippen LogP contribution in [0.2, 0.25) is 5.02 Å². The quantitative estimate of drug-likeness (QED) is 0.803. The highest BCUT2D eigenvalue weighted by molar-refractivity contribution is 6.31. The predicted molar refractivity (Wildman–Crippen MR) is 67.7 cm³/mol. The second-order valence-corrected chi connectivity index (χ2v) is 4.69. The molecule has 1 aromatic heterocycles. The van der Waals surface area contributed by atoms with Gasteiger partial charge >= 0.3 is 6.18 Å². The second-order valence-electron chi connectivity index (χ2n) is 4.26. The number of ketones is 1. The summed E-state index contributed by atoms with van der Waals surface area (Å²) in [5.41, 5.74) is -0.558. The van der Waals surface area contributed by atoms with Crippen molar-refractivity contribution in [3.8, 4) is 0 Å². The van der Waals surface area contributed by atoms with Gasteiger partial charge in [0.05, 0.1) is 11.8 Å². The number of nitrogens with zero attached hydrogens (tertiary/aromatic N) is 2. The monoisotopic (exact) mass is 302 g/mol. The van der Waals surface area contributed by atoms with Crippen molar-refractivity contribution in [2.45, 2.75) is 19.1 Å². The molecule has 3 nitrogen and oxygen atoms in total. The Morgan fingerprint density at radius 3 is 2.65 bits per heavy atom. The smallest absolute Gasteiger partial charge is 0.292 e. The minimum atomic E-state index is -4.48. The Balaban J connectivity index is 2.25. The zero-order valence-electron chi connectivity index (χ0n) is 10.4. The highest BCUT2D eigenvalue weighted by Gasteiger charge is 2.33. The average molecular weight is 303 g/mol. The summed E-state index contributed by atoms with van der Waals surface area (Å²) in [6.07, 6.45) is -2.97. The van der Waals surface area contributed by atoms with Crippen LogP contribution >= 0.6 is 11.6 Å². The number of hydrogen-bond donors (Lipinski definition) is 0. The summed E-state index contributed by atoms with van der Waals surface area (Å²) < 4.78 is 38.4. The number of Topliss-reactive ketones (excluding diaryl/α,β-unsaturated/α-hetero) is 1. The molecule has 0 aliphatic carbocycles. The first-order chi connectivity index (χ1) is 9.29. The third-order valence-corrected chi connectivity index (χ3v) is 3.05. The van der Waals surface area contributed by atoms with Crippen LogP contribution in [0.4, 0.5) is 13.2 Å². The fourth-order valence-corrected chi connectivity index (χ4v) is 1.89. The Bertz CT molecular complexity index is 637. The normalized spacial score (nSPS) is 13.2. The van der Waals surface area contributed by atoms with E-state index in [2.05, 4.69) is 5.10 Å². The third-order valence-electron chi connectivity index (χ3n) is 2.81. The van der Waals surface area contributed by atoms with Gasteiger partial charge in [-0.25, -0.2) is 0 Å². The first-order valence-electron chi connectivity index (χ1n) is 5.70. The molecular formula is C13H10ClF3N2O. The van der Waals surface area contributed by atoms with Gasteiger partial charge in [0.25, 0.3) is 0 Å². The lowest BCUT2D eigenvalue weighted by Crippen LogP contribution is -2.17. The van der Waals surface area contributed by atoms with Gasteiger partial charge in [0, 0.05) is 16.8 Å². The number of alkyl halides is 3. The zero-order valence-corrected chi connectivity index (χ0v) is 11.1. The molecule has 1 heterocycles. The van der Waals surface area contributed by atoms with Gasteiger partial charge in [-0.3, -0.25) is 9.48 Å². The molecule has 0 fully saturated rings. The molecule has 0 bridgehead atoms. The maximum Gasteiger partial charge on any atom is 0.419 e. The summed E-state index contributed by atoms with van der Waals surface area (Å²) in [4.78, 5) is 12.2. The average Bonchev–Trinajstić information content (AvgIpc) is 2.86. The van der Waals surface area contributed by atoms with E-state index in [1.165, 1.54) is 13.0 Å². The van der Waals surface area contributed by atoms with Crippen molar-refractivity contribution >= 4 is 17.4 Å². The van der Waals surface area contributed by atoms with Gasteiger partial charge in [0.15, 0.2) is 5.78 Å². The van der Waals surface area contributed by atoms with E-state index < -0.39 is 17.8 Å². The minimum absolute atomic E-state index is 0.328. The lowest BCUT2D eigenvalue weighted by atomic mass is 10.1. The van der Waals surface area contributed by atoms with E-state index in [9.17, 15) is 18.0 Å². The number of rotatable bonds is 3. The molecule has 0 aliphatic heterocycles. The van der Waals surface area contributed by atoms with E-state index in [0.717, 1.165) is 10.9 Å². The van der Waals surface area contributed by atoms with Crippen molar-refractivity contribution < 1.29 is 18.0 Å². The lowest BCUT2D eigenvalue weighted by Gasteiger charge is -2.11. The largest absolute Gasteiger partial charge is 0.419 e. The topological polar surface area (TPSA) is 34.9 Å². The van der Waals surface area contributed by atoms with Crippen molar-refractivity contribution in [2.75, 3.05) is 0 Å². The molecular weight excluding hydrogens is 293 g/mol. The number of carbonyl (C=O) groups is 1. The zero-order chi connectivity index (χ0) is 14.9. The minimum Gasteiger partial charge on any atom is -0.292 e. The molecule has 1 aromatic carbocycles. The van der Waals surface area contributed by atoms with Crippen LogP contribution in [0.1, 0.15) is 28.9 Å². The van der Waals surface area contributed by atoms with Gasteiger partial charge in [-0.05, 0) is 19.1 Å². The molecule has 0 saturated heterocycles. The van der Waals surface area contributed by atoms with Gasteiger partial charge < -0.3 is 0 Å². The fourth-order valence-electron chi connectivity index (χ4n) is 1.70. The molecule has 0 spiro atoms. The number of hydrogen-bond acceptors (Lipinski definition) is 2. The number of benzene rings is 1. The Hall–Kier alpha value is -1.82. The van der Waals surface area contributed by atoms with Crippen LogP contribution in [0.5, 0.6) is 0 Å². The summed E-state index contributed by atoms with van der Waals surface area (Å²) in [5.74, 6) is -0.357. The molecule has 20 heavy (non-hydrogen) atoms. The summed E-state index contributed by atoms with van der Waals surface area (Å²) >= 11 is 5.78. The SMILES string of the molecule is CC(C(=O)c1cccc(Cl)c1)n1cc(C(F)(F)F)cn1. The number of halogens is 4. The highest BCUT2D eigenvalue weighted by atomic mass is 35.5. The van der Waals surface area contributed by atoms with E-state index in [4.69, 9.17) is 11.6 Å². The predicted octanol–water partition coefficient (Wildman–Crippen LogP) is 4.00. The Morgan fingerprint density at radius 2 is 2.10 bits per heavy atom. The van der Waals surface area contributed by atoms with Gasteiger partial charge in [0.1, 0.15) is 6.04 Å². The molecule has 0 saturated carbocycles. The molecule has 0 N–H and O–H groups in total. The van der Waals surface area contributed by atoms with E-state index in [0.29, 0.717) is 16.8 Å². The van der Waals surface area contributed by atoms with Crippen LogP contribution in [0.15, 0.2) is 36.7 Å². The molecule has 0 radical (unpaired) electrons. The fraction of sp³-hybridized carbons (Fsp3) is 0.231. The summed E-state index contributed by atoms with van der Waals surface area (Å²) in [6.45, 7) is 1.48. The standard InChI is InChI=1S/C13H10ClF3N2O/c1-8(12(20)9-3-2-4-11(14)5-9)19-7-10(6-18-19)13(15,16)17/h2-8H,1H3. The Labute approximate surface area is 118 Å². The lowest BCUT2D eigenvalue weighted by molar-refractivity contribution is -0.137. The first-order valence-corrected chi connectivity index (χ1v) is 6.08. The van der Waals surface area contributed by atoms with Gasteiger partial charge in [0.2, 0.25) is 0 Å². The van der Waals surface area contributed by atoms with E-state index in [-0.39, 0.29) is 5.78 Å². The van der Waals surface area contributed by atoms with Crippen molar-refractivity contribution in [2.24, 2.45) is 0 Å². The van der Waals surface area contributed by atoms with Gasteiger partial charge in [-0.1, -0.05) is 23.7 Å². The van der Waals surface area contributed by atoms with Crippen molar-refractivity contribution in [1.29, 1.82) is 0 Å². The van der Waals surface area contributed by atoms with Crippen LogP contribution in [-0.4, -0.2) is 15.6 Å². The van der Waals surface area contributed by atoms with Crippen molar-refractivity contribution in [3.05, 3.63) is 52.8 Å².